The van der Waals surface area contributed by atoms with E-state index in [0.29, 0.717) is 6.54 Å². The molecule has 2 unspecified atom stereocenters. The molecular formula is C16H23N3O5S. The summed E-state index contributed by atoms with van der Waals surface area (Å²) in [4.78, 5) is 15.8. The number of carbonyl (C=O) groups is 1. The number of hydrogen-bond donors (Lipinski definition) is 2. The van der Waals surface area contributed by atoms with E-state index in [1.807, 2.05) is 30.3 Å². The largest absolute Gasteiger partial charge is 0.376 e. The molecule has 2 N–H and O–H groups in total. The van der Waals surface area contributed by atoms with Gasteiger partial charge in [-0.15, -0.1) is 0 Å². The molecule has 2 atom stereocenters. The molecule has 0 aromatic heterocycles. The molecule has 0 aliphatic carbocycles. The van der Waals surface area contributed by atoms with Crippen molar-refractivity contribution >= 4 is 21.6 Å². The lowest BCUT2D eigenvalue weighted by atomic mass is 9.99. The fraction of sp³-hybridized carbons (Fsp3) is 0.562. The van der Waals surface area contributed by atoms with Crippen molar-refractivity contribution in [1.29, 1.82) is 0 Å². The average Bonchev–Trinajstić information content (AvgIpc) is 2.91. The molecule has 0 bridgehead atoms. The van der Waals surface area contributed by atoms with E-state index in [9.17, 15) is 23.4 Å². The molecule has 3 rings (SSSR count). The Labute approximate surface area is 147 Å². The van der Waals surface area contributed by atoms with Gasteiger partial charge >= 0.3 is 0 Å². The smallest absolute Gasteiger partial charge is 0.259 e. The highest BCUT2D eigenvalue weighted by Crippen LogP contribution is 2.33. The number of amides is 1. The Morgan fingerprint density at radius 1 is 1.12 bits per heavy atom. The number of piperazine rings is 1. The first-order valence-corrected chi connectivity index (χ1v) is 10.0. The predicted molar refractivity (Wildman–Crippen MR) is 92.4 cm³/mol. The summed E-state index contributed by atoms with van der Waals surface area (Å²) >= 11 is 0. The van der Waals surface area contributed by atoms with Gasteiger partial charge in [0.25, 0.3) is 5.91 Å². The van der Waals surface area contributed by atoms with Gasteiger partial charge in [-0.05, 0) is 12.1 Å². The number of aliphatic hydroxyl groups excluding tert-OH is 1. The number of aliphatic hydroxyl groups is 2. The minimum absolute atomic E-state index is 0.119. The van der Waals surface area contributed by atoms with Crippen molar-refractivity contribution in [1.82, 2.24) is 9.21 Å². The Kier molecular flexibility index (Phi) is 4.76. The summed E-state index contributed by atoms with van der Waals surface area (Å²) in [5.41, 5.74) is -1.15. The summed E-state index contributed by atoms with van der Waals surface area (Å²) in [5.74, 6) is -0.549. The van der Waals surface area contributed by atoms with E-state index >= 15 is 0 Å². The van der Waals surface area contributed by atoms with Gasteiger partial charge in [-0.3, -0.25) is 4.79 Å². The first kappa shape index (κ1) is 18.1. The van der Waals surface area contributed by atoms with Crippen molar-refractivity contribution < 1.29 is 23.4 Å². The van der Waals surface area contributed by atoms with Crippen molar-refractivity contribution in [3.8, 4) is 0 Å². The van der Waals surface area contributed by atoms with Crippen LogP contribution in [0.25, 0.3) is 0 Å². The number of benzene rings is 1. The Morgan fingerprint density at radius 2 is 1.72 bits per heavy atom. The average molecular weight is 369 g/mol. The van der Waals surface area contributed by atoms with Crippen LogP contribution in [-0.4, -0.2) is 84.6 Å². The van der Waals surface area contributed by atoms with E-state index in [2.05, 4.69) is 0 Å². The van der Waals surface area contributed by atoms with E-state index in [1.165, 1.54) is 9.21 Å². The summed E-state index contributed by atoms with van der Waals surface area (Å²) in [6.07, 6.45) is -0.0830. The highest BCUT2D eigenvalue weighted by Gasteiger charge is 2.53. The van der Waals surface area contributed by atoms with Crippen LogP contribution < -0.4 is 4.90 Å². The molecule has 2 fully saturated rings. The van der Waals surface area contributed by atoms with Crippen molar-refractivity contribution in [2.24, 2.45) is 0 Å². The van der Waals surface area contributed by atoms with E-state index in [0.717, 1.165) is 11.9 Å². The molecule has 1 aromatic carbocycles. The van der Waals surface area contributed by atoms with Gasteiger partial charge in [-0.25, -0.2) is 8.42 Å². The molecule has 0 radical (unpaired) electrons. The molecule has 8 nitrogen and oxygen atoms in total. The van der Waals surface area contributed by atoms with Gasteiger partial charge in [0.05, 0.1) is 6.26 Å². The van der Waals surface area contributed by atoms with E-state index in [-0.39, 0.29) is 32.6 Å². The molecule has 9 heteroatoms. The molecule has 2 aliphatic heterocycles. The summed E-state index contributed by atoms with van der Waals surface area (Å²) < 4.78 is 24.4. The van der Waals surface area contributed by atoms with Crippen LogP contribution >= 0.6 is 0 Å². The maximum atomic E-state index is 12.8. The SMILES string of the molecule is CS(=O)(=O)N1CCN(C(=O)C2(O)CCN(c3ccccc3)C2O)CC1. The Morgan fingerprint density at radius 3 is 2.28 bits per heavy atom. The van der Waals surface area contributed by atoms with Crippen LogP contribution in [-0.2, 0) is 14.8 Å². The van der Waals surface area contributed by atoms with E-state index in [4.69, 9.17) is 0 Å². The number of nitrogens with zero attached hydrogens (tertiary/aromatic N) is 3. The summed E-state index contributed by atoms with van der Waals surface area (Å²) in [7, 11) is -3.29. The second-order valence-corrected chi connectivity index (χ2v) is 8.51. The number of sulfonamides is 1. The van der Waals surface area contributed by atoms with Crippen LogP contribution in [0.5, 0.6) is 0 Å². The van der Waals surface area contributed by atoms with Gasteiger partial charge in [0.1, 0.15) is 0 Å². The third-order valence-corrected chi connectivity index (χ3v) is 6.21. The molecule has 1 aromatic rings. The van der Waals surface area contributed by atoms with E-state index in [1.54, 1.807) is 4.90 Å². The van der Waals surface area contributed by atoms with Crippen LogP contribution in [0.15, 0.2) is 30.3 Å². The van der Waals surface area contributed by atoms with Crippen LogP contribution in [0.4, 0.5) is 5.69 Å². The molecule has 2 saturated heterocycles. The second-order valence-electron chi connectivity index (χ2n) is 6.53. The van der Waals surface area contributed by atoms with Crippen LogP contribution in [0.1, 0.15) is 6.42 Å². The third kappa shape index (κ3) is 3.37. The van der Waals surface area contributed by atoms with Crippen molar-refractivity contribution in [2.75, 3.05) is 43.9 Å². The molecular weight excluding hydrogens is 346 g/mol. The lowest BCUT2D eigenvalue weighted by molar-refractivity contribution is -0.161. The molecule has 25 heavy (non-hydrogen) atoms. The van der Waals surface area contributed by atoms with Crippen molar-refractivity contribution in [2.45, 2.75) is 18.2 Å². The zero-order valence-electron chi connectivity index (χ0n) is 14.1. The van der Waals surface area contributed by atoms with Crippen LogP contribution in [0, 0.1) is 0 Å². The highest BCUT2D eigenvalue weighted by molar-refractivity contribution is 7.88. The van der Waals surface area contributed by atoms with Crippen LogP contribution in [0.3, 0.4) is 0 Å². The Balaban J connectivity index is 1.70. The molecule has 1 amide bonds. The van der Waals surface area contributed by atoms with E-state index < -0.39 is 27.8 Å². The van der Waals surface area contributed by atoms with Gasteiger partial charge in [0.15, 0.2) is 11.8 Å². The topological polar surface area (TPSA) is 101 Å². The maximum Gasteiger partial charge on any atom is 0.259 e. The van der Waals surface area contributed by atoms with Gasteiger partial charge in [0, 0.05) is 44.8 Å². The number of carbonyl (C=O) groups excluding carboxylic acids is 1. The first-order valence-electron chi connectivity index (χ1n) is 8.20. The fourth-order valence-electron chi connectivity index (χ4n) is 3.40. The number of para-hydroxylation sites is 1. The minimum Gasteiger partial charge on any atom is -0.376 e. The van der Waals surface area contributed by atoms with Crippen molar-refractivity contribution in [3.05, 3.63) is 30.3 Å². The first-order chi connectivity index (χ1) is 11.7. The molecule has 2 aliphatic rings. The van der Waals surface area contributed by atoms with Gasteiger partial charge < -0.3 is 20.0 Å². The van der Waals surface area contributed by atoms with Crippen LogP contribution in [0.2, 0.25) is 0 Å². The van der Waals surface area contributed by atoms with Crippen molar-refractivity contribution in [3.63, 3.8) is 0 Å². The monoisotopic (exact) mass is 369 g/mol. The highest BCUT2D eigenvalue weighted by atomic mass is 32.2. The third-order valence-electron chi connectivity index (χ3n) is 4.91. The predicted octanol–water partition coefficient (Wildman–Crippen LogP) is -0.950. The van der Waals surface area contributed by atoms with Gasteiger partial charge in [0.2, 0.25) is 10.0 Å². The quantitative estimate of drug-likeness (QED) is 0.712. The fourth-order valence-corrected chi connectivity index (χ4v) is 4.23. The Bertz CT molecular complexity index is 733. The lowest BCUT2D eigenvalue weighted by Gasteiger charge is -2.38. The number of anilines is 1. The normalized spacial score (nSPS) is 28.4. The molecule has 2 heterocycles. The minimum atomic E-state index is -3.29. The zero-order valence-corrected chi connectivity index (χ0v) is 14.9. The zero-order chi connectivity index (χ0) is 18.2. The van der Waals surface area contributed by atoms with Gasteiger partial charge in [-0.1, -0.05) is 18.2 Å². The summed E-state index contributed by atoms with van der Waals surface area (Å²) in [6, 6.07) is 9.12. The number of rotatable bonds is 3. The molecule has 138 valence electrons. The van der Waals surface area contributed by atoms with Gasteiger partial charge in [-0.2, -0.15) is 4.31 Å². The summed E-state index contributed by atoms with van der Waals surface area (Å²) in [5, 5.41) is 21.4. The maximum absolute atomic E-state index is 12.8. The second kappa shape index (κ2) is 6.56. The number of hydrogen-bond acceptors (Lipinski definition) is 6. The standard InChI is InChI=1S/C16H23N3O5S/c1-25(23,24)18-11-9-17(10-12-18)14(20)16(22)7-8-19(15(16)21)13-5-3-2-4-6-13/h2-6,15,21-22H,7-12H2,1H3. The molecule has 0 saturated carbocycles. The lowest BCUT2D eigenvalue weighted by Crippen LogP contribution is -2.60. The Hall–Kier alpha value is -1.68. The summed E-state index contributed by atoms with van der Waals surface area (Å²) in [6.45, 7) is 1.15. The molecule has 0 spiro atoms.